The smallest absolute Gasteiger partial charge is 0.199 e. The zero-order valence-electron chi connectivity index (χ0n) is 10.1. The fourth-order valence-electron chi connectivity index (χ4n) is 2.20. The van der Waals surface area contributed by atoms with Crippen molar-refractivity contribution in [2.75, 3.05) is 41.7 Å². The van der Waals surface area contributed by atoms with Gasteiger partial charge in [0.25, 0.3) is 0 Å². The highest BCUT2D eigenvalue weighted by molar-refractivity contribution is 5.45. The molecule has 1 aliphatic heterocycles. The third kappa shape index (κ3) is 2.09. The van der Waals surface area contributed by atoms with Crippen LogP contribution in [0.5, 0.6) is 0 Å². The summed E-state index contributed by atoms with van der Waals surface area (Å²) >= 11 is 0. The van der Waals surface area contributed by atoms with Gasteiger partial charge in [0.15, 0.2) is 5.95 Å². The van der Waals surface area contributed by atoms with Gasteiger partial charge in [-0.2, -0.15) is 0 Å². The first kappa shape index (κ1) is 10.9. The van der Waals surface area contributed by atoms with Crippen molar-refractivity contribution in [2.24, 2.45) is 0 Å². The fraction of sp³-hybridized carbons (Fsp3) is 0.333. The van der Waals surface area contributed by atoms with Gasteiger partial charge in [0.1, 0.15) is 11.6 Å². The van der Waals surface area contributed by atoms with E-state index in [0.717, 1.165) is 37.8 Å². The van der Waals surface area contributed by atoms with Crippen LogP contribution in [0.3, 0.4) is 0 Å². The van der Waals surface area contributed by atoms with E-state index >= 15 is 0 Å². The maximum absolute atomic E-state index is 5.59. The minimum atomic E-state index is 0.470. The number of nitrogens with zero attached hydrogens (tertiary/aromatic N) is 4. The molecule has 0 spiro atoms. The number of H-pyrrole nitrogens is 1. The number of imidazole rings is 1. The lowest BCUT2D eigenvalue weighted by atomic mass is 10.3. The lowest BCUT2D eigenvalue weighted by molar-refractivity contribution is 0.643. The lowest BCUT2D eigenvalue weighted by Crippen LogP contribution is -2.47. The molecule has 0 aromatic carbocycles. The highest BCUT2D eigenvalue weighted by Gasteiger charge is 2.19. The number of hydrogen-bond acceptors (Lipinski definition) is 5. The second kappa shape index (κ2) is 4.56. The summed E-state index contributed by atoms with van der Waals surface area (Å²) in [7, 11) is 0. The first-order valence-electron chi connectivity index (χ1n) is 6.04. The molecule has 1 fully saturated rings. The van der Waals surface area contributed by atoms with Gasteiger partial charge in [-0.25, -0.2) is 9.97 Å². The van der Waals surface area contributed by atoms with Crippen molar-refractivity contribution in [1.29, 1.82) is 0 Å². The minimum Gasteiger partial charge on any atom is -0.369 e. The Morgan fingerprint density at radius 1 is 1.06 bits per heavy atom. The largest absolute Gasteiger partial charge is 0.369 e. The fourth-order valence-corrected chi connectivity index (χ4v) is 2.20. The van der Waals surface area contributed by atoms with Gasteiger partial charge in [-0.3, -0.25) is 0 Å². The molecule has 0 unspecified atom stereocenters. The van der Waals surface area contributed by atoms with Crippen LogP contribution < -0.4 is 15.5 Å². The van der Waals surface area contributed by atoms with E-state index in [2.05, 4.69) is 24.8 Å². The van der Waals surface area contributed by atoms with E-state index < -0.39 is 0 Å². The number of piperazine rings is 1. The Morgan fingerprint density at radius 3 is 2.44 bits per heavy atom. The molecular formula is C12H16N6. The highest BCUT2D eigenvalue weighted by atomic mass is 15.3. The summed E-state index contributed by atoms with van der Waals surface area (Å²) in [5.74, 6) is 2.51. The molecule has 6 nitrogen and oxygen atoms in total. The average molecular weight is 244 g/mol. The van der Waals surface area contributed by atoms with Crippen molar-refractivity contribution in [3.8, 4) is 0 Å². The molecule has 3 rings (SSSR count). The predicted molar refractivity (Wildman–Crippen MR) is 71.7 cm³/mol. The van der Waals surface area contributed by atoms with Crippen LogP contribution in [0.4, 0.5) is 17.6 Å². The number of nitrogens with one attached hydrogen (secondary N) is 1. The van der Waals surface area contributed by atoms with Crippen LogP contribution in [0.2, 0.25) is 0 Å². The van der Waals surface area contributed by atoms with Crippen molar-refractivity contribution in [2.45, 2.75) is 0 Å². The summed E-state index contributed by atoms with van der Waals surface area (Å²) < 4.78 is 0. The standard InChI is InChI=1S/C12H16N6/c13-12-15-9-11(16-12)18-7-5-17(6-8-18)10-3-1-2-4-14-10/h1-4,9H,5-8H2,(H3,13,15,16). The number of nitrogens with two attached hydrogens (primary N) is 1. The van der Waals surface area contributed by atoms with Crippen molar-refractivity contribution in [3.63, 3.8) is 0 Å². The van der Waals surface area contributed by atoms with Crippen LogP contribution >= 0.6 is 0 Å². The first-order chi connectivity index (χ1) is 8.83. The number of pyridine rings is 1. The summed E-state index contributed by atoms with van der Waals surface area (Å²) in [6.07, 6.45) is 3.61. The minimum absolute atomic E-state index is 0.470. The Morgan fingerprint density at radius 2 is 1.83 bits per heavy atom. The van der Waals surface area contributed by atoms with E-state index in [4.69, 9.17) is 5.73 Å². The molecule has 0 radical (unpaired) electrons. The summed E-state index contributed by atoms with van der Waals surface area (Å²) in [6, 6.07) is 6.00. The van der Waals surface area contributed by atoms with Crippen LogP contribution in [0.15, 0.2) is 30.6 Å². The zero-order valence-corrected chi connectivity index (χ0v) is 10.1. The third-order valence-electron chi connectivity index (χ3n) is 3.18. The third-order valence-corrected chi connectivity index (χ3v) is 3.18. The van der Waals surface area contributed by atoms with Gasteiger partial charge < -0.3 is 20.5 Å². The molecule has 2 aromatic heterocycles. The Bertz CT molecular complexity index is 500. The van der Waals surface area contributed by atoms with E-state index in [0.29, 0.717) is 5.95 Å². The molecule has 3 heterocycles. The molecule has 3 N–H and O–H groups in total. The van der Waals surface area contributed by atoms with Crippen LogP contribution in [0.1, 0.15) is 0 Å². The Balaban J connectivity index is 1.65. The topological polar surface area (TPSA) is 74.1 Å². The van der Waals surface area contributed by atoms with Gasteiger partial charge in [0, 0.05) is 32.4 Å². The van der Waals surface area contributed by atoms with E-state index in [-0.39, 0.29) is 0 Å². The summed E-state index contributed by atoms with van der Waals surface area (Å²) in [5.41, 5.74) is 5.59. The Labute approximate surface area is 105 Å². The van der Waals surface area contributed by atoms with Crippen LogP contribution in [-0.4, -0.2) is 41.1 Å². The number of aromatic amines is 1. The molecule has 18 heavy (non-hydrogen) atoms. The lowest BCUT2D eigenvalue weighted by Gasteiger charge is -2.35. The molecule has 1 aliphatic rings. The molecule has 6 heteroatoms. The molecule has 94 valence electrons. The Hall–Kier alpha value is -2.24. The van der Waals surface area contributed by atoms with Crippen molar-refractivity contribution >= 4 is 17.6 Å². The van der Waals surface area contributed by atoms with Gasteiger partial charge in [0.2, 0.25) is 0 Å². The molecule has 0 amide bonds. The van der Waals surface area contributed by atoms with E-state index in [1.165, 1.54) is 0 Å². The number of nitrogen functional groups attached to an aromatic ring is 1. The summed E-state index contributed by atoms with van der Waals surface area (Å²) in [6.45, 7) is 3.79. The van der Waals surface area contributed by atoms with E-state index in [1.807, 2.05) is 24.4 Å². The van der Waals surface area contributed by atoms with Crippen LogP contribution in [-0.2, 0) is 0 Å². The molecule has 0 bridgehead atoms. The van der Waals surface area contributed by atoms with E-state index in [1.54, 1.807) is 6.20 Å². The second-order valence-electron chi connectivity index (χ2n) is 4.32. The number of aromatic nitrogens is 3. The van der Waals surface area contributed by atoms with Crippen molar-refractivity contribution in [1.82, 2.24) is 15.0 Å². The summed E-state index contributed by atoms with van der Waals surface area (Å²) in [4.78, 5) is 16.0. The van der Waals surface area contributed by atoms with Crippen molar-refractivity contribution < 1.29 is 0 Å². The Kier molecular flexibility index (Phi) is 2.76. The maximum atomic E-state index is 5.59. The second-order valence-corrected chi connectivity index (χ2v) is 4.32. The molecular weight excluding hydrogens is 228 g/mol. The summed E-state index contributed by atoms with van der Waals surface area (Å²) in [5, 5.41) is 0. The van der Waals surface area contributed by atoms with Gasteiger partial charge >= 0.3 is 0 Å². The number of hydrogen-bond donors (Lipinski definition) is 2. The maximum Gasteiger partial charge on any atom is 0.199 e. The first-order valence-corrected chi connectivity index (χ1v) is 6.04. The average Bonchev–Trinajstić information content (AvgIpc) is 2.87. The molecule has 2 aromatic rings. The van der Waals surface area contributed by atoms with Gasteiger partial charge in [-0.15, -0.1) is 0 Å². The molecule has 0 saturated carbocycles. The highest BCUT2D eigenvalue weighted by Crippen LogP contribution is 2.17. The van der Waals surface area contributed by atoms with Gasteiger partial charge in [-0.05, 0) is 12.1 Å². The van der Waals surface area contributed by atoms with Crippen LogP contribution in [0.25, 0.3) is 0 Å². The zero-order chi connectivity index (χ0) is 12.4. The monoisotopic (exact) mass is 244 g/mol. The van der Waals surface area contributed by atoms with Gasteiger partial charge in [0.05, 0.1) is 6.20 Å². The quantitative estimate of drug-likeness (QED) is 0.814. The van der Waals surface area contributed by atoms with Crippen molar-refractivity contribution in [3.05, 3.63) is 30.6 Å². The number of rotatable bonds is 2. The normalized spacial score (nSPS) is 16.0. The van der Waals surface area contributed by atoms with Crippen LogP contribution in [0, 0.1) is 0 Å². The van der Waals surface area contributed by atoms with E-state index in [9.17, 15) is 0 Å². The SMILES string of the molecule is Nc1ncc(N2CCN(c3ccccn3)CC2)[nH]1. The number of anilines is 3. The predicted octanol–water partition coefficient (Wildman–Crippen LogP) is 0.713. The molecule has 0 aliphatic carbocycles. The van der Waals surface area contributed by atoms with Gasteiger partial charge in [-0.1, -0.05) is 6.07 Å². The molecule has 0 atom stereocenters. The molecule has 1 saturated heterocycles.